The average Bonchev–Trinajstić information content (AvgIpc) is 3.25. The second kappa shape index (κ2) is 11.0. The molecule has 1 saturated heterocycles. The summed E-state index contributed by atoms with van der Waals surface area (Å²) in [4.78, 5) is 16.2. The number of benzene rings is 3. The fraction of sp³-hybridized carbons (Fsp3) is 0.323. The Morgan fingerprint density at radius 2 is 1.73 bits per heavy atom. The molecule has 1 aliphatic rings. The number of aromatic amines is 1. The van der Waals surface area contributed by atoms with Crippen molar-refractivity contribution in [2.24, 2.45) is 0 Å². The number of amides is 1. The predicted octanol–water partition coefficient (Wildman–Crippen LogP) is 6.51. The molecule has 210 valence electrons. The van der Waals surface area contributed by atoms with Crippen molar-refractivity contribution in [3.05, 3.63) is 77.9 Å². The number of H-pyrrole nitrogens is 1. The number of anilines is 1. The van der Waals surface area contributed by atoms with E-state index >= 15 is 0 Å². The van der Waals surface area contributed by atoms with Gasteiger partial charge < -0.3 is 19.8 Å². The van der Waals surface area contributed by atoms with Crippen LogP contribution in [-0.2, 0) is 20.2 Å². The first-order valence-corrected chi connectivity index (χ1v) is 14.9. The van der Waals surface area contributed by atoms with Crippen LogP contribution in [0.2, 0.25) is 0 Å². The zero-order chi connectivity index (χ0) is 28.5. The minimum atomic E-state index is -3.82. The first kappa shape index (κ1) is 27.7. The molecule has 0 aliphatic carbocycles. The molecule has 0 spiro atoms. The molecule has 1 amide bonds. The van der Waals surface area contributed by atoms with Gasteiger partial charge in [0, 0.05) is 35.8 Å². The summed E-state index contributed by atoms with van der Waals surface area (Å²) < 4.78 is 40.3. The molecule has 3 aromatic carbocycles. The number of sulfonamides is 1. The molecule has 4 aromatic rings. The number of carbonyl (C=O) groups excluding carboxylic acids is 1. The Hall–Kier alpha value is -3.82. The first-order valence-electron chi connectivity index (χ1n) is 13.4. The standard InChI is InChI=1S/C31H35N3O5S/c1-20-6-5-7-21(18-20)28-26-19-24(34-40(36,37)25-11-8-22(9-12-25)31(2,3)4)10-13-27(26)33-29(28)39-30(35)32-23-14-16-38-17-15-23/h5-13,18-19,23,33-34H,14-17H2,1-4H3,(H,32,35). The largest absolute Gasteiger partial charge is 0.414 e. The average molecular weight is 562 g/mol. The van der Waals surface area contributed by atoms with Crippen molar-refractivity contribution in [3.8, 4) is 17.0 Å². The minimum Gasteiger partial charge on any atom is -0.393 e. The molecule has 8 nitrogen and oxygen atoms in total. The fourth-order valence-corrected chi connectivity index (χ4v) is 5.92. The molecule has 1 fully saturated rings. The Kier molecular flexibility index (Phi) is 7.61. The topological polar surface area (TPSA) is 110 Å². The van der Waals surface area contributed by atoms with E-state index in [-0.39, 0.29) is 16.4 Å². The maximum absolute atomic E-state index is 13.2. The van der Waals surface area contributed by atoms with Gasteiger partial charge >= 0.3 is 6.09 Å². The van der Waals surface area contributed by atoms with Crippen LogP contribution in [0.15, 0.2) is 71.6 Å². The Morgan fingerprint density at radius 3 is 2.40 bits per heavy atom. The molecular weight excluding hydrogens is 526 g/mol. The number of nitrogens with one attached hydrogen (secondary N) is 3. The van der Waals surface area contributed by atoms with Crippen LogP contribution in [0.1, 0.15) is 44.7 Å². The van der Waals surface area contributed by atoms with Gasteiger partial charge in [0.05, 0.1) is 10.5 Å². The molecule has 40 heavy (non-hydrogen) atoms. The second-order valence-electron chi connectivity index (χ2n) is 11.3. The molecule has 2 heterocycles. The number of aryl methyl sites for hydroxylation is 1. The molecule has 1 aromatic heterocycles. The fourth-order valence-electron chi connectivity index (χ4n) is 4.87. The van der Waals surface area contributed by atoms with Crippen molar-refractivity contribution in [2.45, 2.75) is 56.9 Å². The van der Waals surface area contributed by atoms with Crippen LogP contribution < -0.4 is 14.8 Å². The normalized spacial score (nSPS) is 14.7. The number of ether oxygens (including phenoxy) is 2. The van der Waals surface area contributed by atoms with Crippen molar-refractivity contribution in [2.75, 3.05) is 17.9 Å². The quantitative estimate of drug-likeness (QED) is 0.249. The molecular formula is C31H35N3O5S. The first-order chi connectivity index (χ1) is 19.0. The number of rotatable bonds is 6. The maximum atomic E-state index is 13.2. The Morgan fingerprint density at radius 1 is 1.00 bits per heavy atom. The monoisotopic (exact) mass is 561 g/mol. The summed E-state index contributed by atoms with van der Waals surface area (Å²) in [5.74, 6) is 0.294. The smallest absolute Gasteiger partial charge is 0.393 e. The van der Waals surface area contributed by atoms with E-state index in [0.717, 1.165) is 34.9 Å². The molecule has 0 radical (unpaired) electrons. The number of carbonyl (C=O) groups is 1. The van der Waals surface area contributed by atoms with Gasteiger partial charge in [-0.3, -0.25) is 4.72 Å². The number of fused-ring (bicyclic) bond motifs is 1. The molecule has 5 rings (SSSR count). The second-order valence-corrected chi connectivity index (χ2v) is 12.9. The molecule has 9 heteroatoms. The summed E-state index contributed by atoms with van der Waals surface area (Å²) in [5.41, 5.74) is 4.65. The van der Waals surface area contributed by atoms with Gasteiger partial charge in [-0.05, 0) is 66.6 Å². The van der Waals surface area contributed by atoms with Crippen LogP contribution in [0.5, 0.6) is 5.88 Å². The Bertz CT molecular complexity index is 1630. The predicted molar refractivity (Wildman–Crippen MR) is 157 cm³/mol. The summed E-state index contributed by atoms with van der Waals surface area (Å²) in [7, 11) is -3.82. The third-order valence-electron chi connectivity index (χ3n) is 7.09. The van der Waals surface area contributed by atoms with Gasteiger partial charge in [-0.1, -0.05) is 62.7 Å². The van der Waals surface area contributed by atoms with Crippen LogP contribution in [-0.4, -0.2) is 38.8 Å². The van der Waals surface area contributed by atoms with E-state index < -0.39 is 16.1 Å². The maximum Gasteiger partial charge on any atom is 0.414 e. The van der Waals surface area contributed by atoms with Crippen LogP contribution in [0.4, 0.5) is 10.5 Å². The van der Waals surface area contributed by atoms with E-state index in [1.165, 1.54) is 0 Å². The molecule has 1 aliphatic heterocycles. The minimum absolute atomic E-state index is 0.00785. The van der Waals surface area contributed by atoms with E-state index in [1.807, 2.05) is 43.3 Å². The molecule has 0 saturated carbocycles. The van der Waals surface area contributed by atoms with Gasteiger partial charge in [-0.2, -0.15) is 0 Å². The number of hydrogen-bond acceptors (Lipinski definition) is 5. The van der Waals surface area contributed by atoms with Crippen molar-refractivity contribution >= 4 is 32.7 Å². The third kappa shape index (κ3) is 6.16. The van der Waals surface area contributed by atoms with Crippen LogP contribution >= 0.6 is 0 Å². The van der Waals surface area contributed by atoms with Crippen molar-refractivity contribution < 1.29 is 22.7 Å². The van der Waals surface area contributed by atoms with Crippen molar-refractivity contribution in [3.63, 3.8) is 0 Å². The lowest BCUT2D eigenvalue weighted by molar-refractivity contribution is 0.0777. The summed E-state index contributed by atoms with van der Waals surface area (Å²) in [6.45, 7) is 9.44. The zero-order valence-electron chi connectivity index (χ0n) is 23.2. The lowest BCUT2D eigenvalue weighted by atomic mass is 9.87. The van der Waals surface area contributed by atoms with Gasteiger partial charge in [0.2, 0.25) is 5.88 Å². The van der Waals surface area contributed by atoms with Gasteiger partial charge in [-0.15, -0.1) is 0 Å². The van der Waals surface area contributed by atoms with Gasteiger partial charge in [0.25, 0.3) is 10.0 Å². The van der Waals surface area contributed by atoms with Crippen LogP contribution in [0.25, 0.3) is 22.0 Å². The van der Waals surface area contributed by atoms with E-state index in [4.69, 9.17) is 9.47 Å². The third-order valence-corrected chi connectivity index (χ3v) is 8.49. The zero-order valence-corrected chi connectivity index (χ0v) is 24.0. The summed E-state index contributed by atoms with van der Waals surface area (Å²) in [6, 6.07) is 20.0. The highest BCUT2D eigenvalue weighted by Gasteiger charge is 2.23. The van der Waals surface area contributed by atoms with Gasteiger partial charge in [-0.25, -0.2) is 13.2 Å². The SMILES string of the molecule is Cc1cccc(-c2c(OC(=O)NC3CCOCC3)[nH]c3ccc(NS(=O)(=O)c4ccc(C(C)(C)C)cc4)cc23)c1. The molecule has 3 N–H and O–H groups in total. The Labute approximate surface area is 235 Å². The summed E-state index contributed by atoms with van der Waals surface area (Å²) in [6.07, 6.45) is 0.913. The van der Waals surface area contributed by atoms with Gasteiger partial charge in [0.15, 0.2) is 0 Å². The summed E-state index contributed by atoms with van der Waals surface area (Å²) >= 11 is 0. The van der Waals surface area contributed by atoms with E-state index in [0.29, 0.717) is 35.9 Å². The lowest BCUT2D eigenvalue weighted by Gasteiger charge is -2.22. The summed E-state index contributed by atoms with van der Waals surface area (Å²) in [5, 5.41) is 3.65. The molecule has 0 bridgehead atoms. The lowest BCUT2D eigenvalue weighted by Crippen LogP contribution is -2.40. The highest BCUT2D eigenvalue weighted by Crippen LogP contribution is 2.39. The molecule has 0 atom stereocenters. The van der Waals surface area contributed by atoms with Gasteiger partial charge in [0.1, 0.15) is 0 Å². The van der Waals surface area contributed by atoms with Crippen LogP contribution in [0.3, 0.4) is 0 Å². The van der Waals surface area contributed by atoms with Crippen LogP contribution in [0, 0.1) is 6.92 Å². The highest BCUT2D eigenvalue weighted by atomic mass is 32.2. The van der Waals surface area contributed by atoms with E-state index in [2.05, 4.69) is 35.8 Å². The van der Waals surface area contributed by atoms with Crippen molar-refractivity contribution in [1.82, 2.24) is 10.3 Å². The number of aromatic nitrogens is 1. The van der Waals surface area contributed by atoms with E-state index in [1.54, 1.807) is 30.3 Å². The highest BCUT2D eigenvalue weighted by molar-refractivity contribution is 7.92. The number of hydrogen-bond donors (Lipinski definition) is 3. The molecule has 0 unspecified atom stereocenters. The Balaban J connectivity index is 1.48. The van der Waals surface area contributed by atoms with E-state index in [9.17, 15) is 13.2 Å². The van der Waals surface area contributed by atoms with Crippen molar-refractivity contribution in [1.29, 1.82) is 0 Å².